The number of phenols is 1. The minimum atomic E-state index is -0.339. The molecule has 35 heavy (non-hydrogen) atoms. The molecule has 0 spiro atoms. The van der Waals surface area contributed by atoms with Crippen LogP contribution in [0, 0.1) is 13.8 Å². The average Bonchev–Trinajstić information content (AvgIpc) is 2.84. The maximum atomic E-state index is 12.7. The highest BCUT2D eigenvalue weighted by Crippen LogP contribution is 2.28. The molecule has 0 saturated heterocycles. The van der Waals surface area contributed by atoms with Crippen LogP contribution in [-0.2, 0) is 6.61 Å². The van der Waals surface area contributed by atoms with Gasteiger partial charge in [-0.2, -0.15) is 5.10 Å². The lowest BCUT2D eigenvalue weighted by molar-refractivity contribution is 0.0957. The van der Waals surface area contributed by atoms with Crippen molar-refractivity contribution < 1.29 is 14.6 Å². The van der Waals surface area contributed by atoms with Gasteiger partial charge in [0, 0.05) is 10.9 Å². The van der Waals surface area contributed by atoms with Crippen LogP contribution in [0.2, 0.25) is 0 Å². The van der Waals surface area contributed by atoms with Crippen LogP contribution in [0.4, 0.5) is 0 Å². The molecule has 0 heterocycles. The summed E-state index contributed by atoms with van der Waals surface area (Å²) in [7, 11) is 0. The van der Waals surface area contributed by atoms with Gasteiger partial charge in [0.05, 0.1) is 6.21 Å². The van der Waals surface area contributed by atoms with E-state index in [1.807, 2.05) is 38.1 Å². The number of benzene rings is 4. The summed E-state index contributed by atoms with van der Waals surface area (Å²) in [6, 6.07) is 22.8. The third kappa shape index (κ3) is 5.52. The maximum absolute atomic E-state index is 12.7. The number of carbonyl (C=O) groups excluding carboxylic acids is 1. The van der Waals surface area contributed by atoms with Gasteiger partial charge in [-0.05, 0) is 77.2 Å². The van der Waals surface area contributed by atoms with Gasteiger partial charge in [-0.3, -0.25) is 4.79 Å². The van der Waals surface area contributed by atoms with Gasteiger partial charge >= 0.3 is 0 Å². The van der Waals surface area contributed by atoms with Gasteiger partial charge in [-0.15, -0.1) is 0 Å². The fourth-order valence-electron chi connectivity index (χ4n) is 4.15. The first-order valence-corrected chi connectivity index (χ1v) is 11.7. The van der Waals surface area contributed by atoms with Gasteiger partial charge in [0.1, 0.15) is 18.1 Å². The van der Waals surface area contributed by atoms with E-state index < -0.39 is 0 Å². The van der Waals surface area contributed by atoms with Gasteiger partial charge < -0.3 is 9.84 Å². The predicted octanol–water partition coefficient (Wildman–Crippen LogP) is 6.63. The number of fused-ring (bicyclic) bond motifs is 1. The average molecular weight is 467 g/mol. The Bertz CT molecular complexity index is 1370. The first kappa shape index (κ1) is 24.0. The fraction of sp³-hybridized carbons (Fsp3) is 0.200. The number of ether oxygens (including phenoxy) is 1. The maximum Gasteiger partial charge on any atom is 0.271 e. The van der Waals surface area contributed by atoms with Crippen molar-refractivity contribution in [2.24, 2.45) is 5.10 Å². The molecule has 4 aromatic rings. The molecule has 0 atom stereocenters. The Morgan fingerprint density at radius 3 is 2.29 bits per heavy atom. The van der Waals surface area contributed by atoms with Gasteiger partial charge in [0.2, 0.25) is 0 Å². The van der Waals surface area contributed by atoms with Crippen molar-refractivity contribution in [3.63, 3.8) is 0 Å². The first-order chi connectivity index (χ1) is 16.8. The highest BCUT2D eigenvalue weighted by Gasteiger charge is 2.12. The topological polar surface area (TPSA) is 70.9 Å². The van der Waals surface area contributed by atoms with Gasteiger partial charge in [0.15, 0.2) is 0 Å². The lowest BCUT2D eigenvalue weighted by Crippen LogP contribution is -2.18. The molecule has 0 saturated carbocycles. The summed E-state index contributed by atoms with van der Waals surface area (Å²) < 4.78 is 6.13. The zero-order chi connectivity index (χ0) is 24.9. The summed E-state index contributed by atoms with van der Waals surface area (Å²) in [4.78, 5) is 12.7. The third-order valence-electron chi connectivity index (χ3n) is 6.04. The highest BCUT2D eigenvalue weighted by atomic mass is 16.5. The molecule has 0 aliphatic carbocycles. The molecule has 5 heteroatoms. The van der Waals surface area contributed by atoms with Crippen LogP contribution >= 0.6 is 0 Å². The molecular weight excluding hydrogens is 436 g/mol. The SMILES string of the molecule is Cc1cc(/C=N/NC(=O)c2ccc(O)c3ccccc23)cc(C)c1OCc1ccc(C(C)C)cc1. The fourth-order valence-corrected chi connectivity index (χ4v) is 4.15. The third-order valence-corrected chi connectivity index (χ3v) is 6.04. The second kappa shape index (κ2) is 10.4. The number of nitrogens with one attached hydrogen (secondary N) is 1. The molecule has 0 radical (unpaired) electrons. The molecule has 0 aliphatic heterocycles. The number of rotatable bonds is 7. The normalized spacial score (nSPS) is 11.3. The van der Waals surface area contributed by atoms with Crippen LogP contribution in [-0.4, -0.2) is 17.2 Å². The molecule has 178 valence electrons. The first-order valence-electron chi connectivity index (χ1n) is 11.7. The van der Waals surface area contributed by atoms with E-state index in [4.69, 9.17) is 4.74 Å². The highest BCUT2D eigenvalue weighted by molar-refractivity contribution is 6.08. The van der Waals surface area contributed by atoms with E-state index in [0.29, 0.717) is 28.9 Å². The molecule has 1 amide bonds. The number of phenolic OH excluding ortho intramolecular Hbond substituents is 1. The van der Waals surface area contributed by atoms with E-state index in [0.717, 1.165) is 28.0 Å². The Balaban J connectivity index is 1.42. The van der Waals surface area contributed by atoms with Crippen LogP contribution in [0.5, 0.6) is 11.5 Å². The number of aryl methyl sites for hydroxylation is 2. The molecule has 0 aliphatic rings. The minimum Gasteiger partial charge on any atom is -0.507 e. The molecule has 5 nitrogen and oxygen atoms in total. The second-order valence-electron chi connectivity index (χ2n) is 9.05. The van der Waals surface area contributed by atoms with E-state index in [1.54, 1.807) is 24.4 Å². The Labute approximate surface area is 206 Å². The zero-order valence-corrected chi connectivity index (χ0v) is 20.5. The summed E-state index contributed by atoms with van der Waals surface area (Å²) in [6.45, 7) is 8.88. The zero-order valence-electron chi connectivity index (χ0n) is 20.5. The lowest BCUT2D eigenvalue weighted by Gasteiger charge is -2.14. The van der Waals surface area contributed by atoms with Gasteiger partial charge in [0.25, 0.3) is 5.91 Å². The Kier molecular flexibility index (Phi) is 7.16. The Morgan fingerprint density at radius 1 is 0.971 bits per heavy atom. The number of hydrogen-bond donors (Lipinski definition) is 2. The number of hydrazone groups is 1. The summed E-state index contributed by atoms with van der Waals surface area (Å²) in [5.41, 5.74) is 8.35. The van der Waals surface area contributed by atoms with Crippen molar-refractivity contribution in [3.05, 3.63) is 106 Å². The van der Waals surface area contributed by atoms with Crippen molar-refractivity contribution in [2.45, 2.75) is 40.2 Å². The lowest BCUT2D eigenvalue weighted by atomic mass is 10.0. The number of hydrogen-bond acceptors (Lipinski definition) is 4. The smallest absolute Gasteiger partial charge is 0.271 e. The predicted molar refractivity (Wildman–Crippen MR) is 141 cm³/mol. The van der Waals surface area contributed by atoms with Gasteiger partial charge in [-0.25, -0.2) is 5.43 Å². The Hall–Kier alpha value is -4.12. The van der Waals surface area contributed by atoms with Crippen LogP contribution < -0.4 is 10.2 Å². The van der Waals surface area contributed by atoms with E-state index in [2.05, 4.69) is 48.6 Å². The molecular formula is C30H30N2O3. The number of carbonyl (C=O) groups is 1. The van der Waals surface area contributed by atoms with Crippen LogP contribution in [0.15, 0.2) is 77.9 Å². The summed E-state index contributed by atoms with van der Waals surface area (Å²) in [5.74, 6) is 1.17. The molecule has 4 rings (SSSR count). The van der Waals surface area contributed by atoms with E-state index in [-0.39, 0.29) is 11.7 Å². The van der Waals surface area contributed by atoms with Crippen molar-refractivity contribution in [2.75, 3.05) is 0 Å². The molecule has 0 fully saturated rings. The van der Waals surface area contributed by atoms with Crippen molar-refractivity contribution in [3.8, 4) is 11.5 Å². The number of aromatic hydroxyl groups is 1. The molecule has 2 N–H and O–H groups in total. The van der Waals surface area contributed by atoms with Gasteiger partial charge in [-0.1, -0.05) is 62.4 Å². The van der Waals surface area contributed by atoms with E-state index in [1.165, 1.54) is 11.6 Å². The molecule has 0 bridgehead atoms. The van der Waals surface area contributed by atoms with Crippen LogP contribution in [0.3, 0.4) is 0 Å². The molecule has 0 aromatic heterocycles. The summed E-state index contributed by atoms with van der Waals surface area (Å²) >= 11 is 0. The van der Waals surface area contributed by atoms with Crippen LogP contribution in [0.1, 0.15) is 57.9 Å². The number of amides is 1. The molecule has 0 unspecified atom stereocenters. The standard InChI is InChI=1S/C30H30N2O3/c1-19(2)24-11-9-22(10-12-24)18-35-29-20(3)15-23(16-21(29)4)17-31-32-30(34)27-13-14-28(33)26-8-6-5-7-25(26)27/h5-17,19,33H,18H2,1-4H3,(H,32,34)/b31-17+. The van der Waals surface area contributed by atoms with Crippen LogP contribution in [0.25, 0.3) is 10.8 Å². The monoisotopic (exact) mass is 466 g/mol. The Morgan fingerprint density at radius 2 is 1.63 bits per heavy atom. The largest absolute Gasteiger partial charge is 0.507 e. The van der Waals surface area contributed by atoms with Crippen molar-refractivity contribution in [1.29, 1.82) is 0 Å². The summed E-state index contributed by atoms with van der Waals surface area (Å²) in [5, 5.41) is 15.5. The van der Waals surface area contributed by atoms with Crippen molar-refractivity contribution in [1.82, 2.24) is 5.43 Å². The minimum absolute atomic E-state index is 0.140. The summed E-state index contributed by atoms with van der Waals surface area (Å²) in [6.07, 6.45) is 1.62. The number of nitrogens with zero attached hydrogens (tertiary/aromatic N) is 1. The molecule has 4 aromatic carbocycles. The van der Waals surface area contributed by atoms with E-state index in [9.17, 15) is 9.90 Å². The van der Waals surface area contributed by atoms with Crippen molar-refractivity contribution >= 4 is 22.9 Å². The van der Waals surface area contributed by atoms with E-state index >= 15 is 0 Å². The second-order valence-corrected chi connectivity index (χ2v) is 9.05. The quantitative estimate of drug-likeness (QED) is 0.237.